The van der Waals surface area contributed by atoms with Crippen molar-refractivity contribution in [2.24, 2.45) is 5.73 Å². The second-order valence-corrected chi connectivity index (χ2v) is 5.38. The Balaban J connectivity index is 2.29. The van der Waals surface area contributed by atoms with Crippen LogP contribution in [0.5, 0.6) is 5.75 Å². The van der Waals surface area contributed by atoms with E-state index in [0.717, 1.165) is 31.9 Å². The Bertz CT molecular complexity index is 411. The van der Waals surface area contributed by atoms with Crippen LogP contribution in [0.25, 0.3) is 0 Å². The Kier molecular flexibility index (Phi) is 5.83. The summed E-state index contributed by atoms with van der Waals surface area (Å²) in [7, 11) is 3.47. The molecule has 0 bridgehead atoms. The standard InChI is InChI=1S/C16H26N2O2/c1-19-12-11-18-10-6-5-8-14(17)16(18)13-7-3-4-9-15(13)20-2/h3-4,7,9,14,16H,5-6,8,10-12,17H2,1-2H3. The van der Waals surface area contributed by atoms with E-state index in [4.69, 9.17) is 15.2 Å². The summed E-state index contributed by atoms with van der Waals surface area (Å²) in [6.45, 7) is 2.71. The maximum Gasteiger partial charge on any atom is 0.123 e. The van der Waals surface area contributed by atoms with Crippen molar-refractivity contribution in [3.05, 3.63) is 29.8 Å². The molecule has 2 atom stereocenters. The maximum absolute atomic E-state index is 6.46. The van der Waals surface area contributed by atoms with Crippen LogP contribution in [0.1, 0.15) is 30.9 Å². The molecule has 1 heterocycles. The van der Waals surface area contributed by atoms with Gasteiger partial charge in [0.2, 0.25) is 0 Å². The maximum atomic E-state index is 6.46. The molecule has 0 radical (unpaired) electrons. The van der Waals surface area contributed by atoms with Gasteiger partial charge in [0.1, 0.15) is 5.75 Å². The summed E-state index contributed by atoms with van der Waals surface area (Å²) >= 11 is 0. The van der Waals surface area contributed by atoms with Crippen LogP contribution in [-0.2, 0) is 4.74 Å². The molecule has 0 aliphatic carbocycles. The van der Waals surface area contributed by atoms with E-state index in [-0.39, 0.29) is 12.1 Å². The molecule has 2 rings (SSSR count). The second-order valence-electron chi connectivity index (χ2n) is 5.38. The van der Waals surface area contributed by atoms with Crippen molar-refractivity contribution in [2.45, 2.75) is 31.3 Å². The van der Waals surface area contributed by atoms with Gasteiger partial charge in [-0.2, -0.15) is 0 Å². The number of nitrogens with zero attached hydrogens (tertiary/aromatic N) is 1. The highest BCUT2D eigenvalue weighted by Gasteiger charge is 2.30. The van der Waals surface area contributed by atoms with E-state index >= 15 is 0 Å². The third-order valence-electron chi connectivity index (χ3n) is 4.07. The quantitative estimate of drug-likeness (QED) is 0.897. The van der Waals surface area contributed by atoms with Gasteiger partial charge in [-0.05, 0) is 25.5 Å². The van der Waals surface area contributed by atoms with E-state index < -0.39 is 0 Å². The van der Waals surface area contributed by atoms with Gasteiger partial charge in [0, 0.05) is 25.3 Å². The monoisotopic (exact) mass is 278 g/mol. The Labute approximate surface area is 121 Å². The molecule has 1 aromatic carbocycles. The molecule has 1 aliphatic heterocycles. The number of benzene rings is 1. The van der Waals surface area contributed by atoms with Crippen molar-refractivity contribution in [3.8, 4) is 5.75 Å². The van der Waals surface area contributed by atoms with E-state index in [9.17, 15) is 0 Å². The fraction of sp³-hybridized carbons (Fsp3) is 0.625. The Morgan fingerprint density at radius 2 is 2.05 bits per heavy atom. The summed E-state index contributed by atoms with van der Waals surface area (Å²) in [5.41, 5.74) is 7.65. The van der Waals surface area contributed by atoms with Gasteiger partial charge < -0.3 is 15.2 Å². The topological polar surface area (TPSA) is 47.7 Å². The number of nitrogens with two attached hydrogens (primary N) is 1. The van der Waals surface area contributed by atoms with Crippen molar-refractivity contribution >= 4 is 0 Å². The zero-order valence-electron chi connectivity index (χ0n) is 12.5. The number of para-hydroxylation sites is 1. The lowest BCUT2D eigenvalue weighted by Crippen LogP contribution is -2.41. The van der Waals surface area contributed by atoms with Crippen LogP contribution in [0.3, 0.4) is 0 Å². The highest BCUT2D eigenvalue weighted by atomic mass is 16.5. The second kappa shape index (κ2) is 7.62. The number of hydrogen-bond acceptors (Lipinski definition) is 4. The van der Waals surface area contributed by atoms with Gasteiger partial charge in [-0.1, -0.05) is 24.6 Å². The van der Waals surface area contributed by atoms with E-state index in [2.05, 4.69) is 17.0 Å². The van der Waals surface area contributed by atoms with E-state index in [1.54, 1.807) is 14.2 Å². The summed E-state index contributed by atoms with van der Waals surface area (Å²) in [6, 6.07) is 8.57. The van der Waals surface area contributed by atoms with Crippen molar-refractivity contribution in [2.75, 3.05) is 33.9 Å². The first kappa shape index (κ1) is 15.3. The minimum absolute atomic E-state index is 0.144. The smallest absolute Gasteiger partial charge is 0.123 e. The first-order valence-electron chi connectivity index (χ1n) is 7.39. The number of hydrogen-bond donors (Lipinski definition) is 1. The lowest BCUT2D eigenvalue weighted by Gasteiger charge is -2.34. The number of rotatable bonds is 5. The normalized spacial score (nSPS) is 24.4. The molecule has 2 unspecified atom stereocenters. The van der Waals surface area contributed by atoms with Crippen molar-refractivity contribution < 1.29 is 9.47 Å². The molecule has 0 saturated carbocycles. The fourth-order valence-electron chi connectivity index (χ4n) is 3.06. The highest BCUT2D eigenvalue weighted by molar-refractivity contribution is 5.37. The van der Waals surface area contributed by atoms with Crippen LogP contribution in [0.15, 0.2) is 24.3 Å². The van der Waals surface area contributed by atoms with Gasteiger partial charge >= 0.3 is 0 Å². The molecule has 0 aromatic heterocycles. The molecule has 4 heteroatoms. The average Bonchev–Trinajstić information content (AvgIpc) is 2.66. The van der Waals surface area contributed by atoms with Crippen LogP contribution < -0.4 is 10.5 Å². The van der Waals surface area contributed by atoms with Crippen LogP contribution in [-0.4, -0.2) is 44.9 Å². The minimum atomic E-state index is 0.144. The van der Waals surface area contributed by atoms with Crippen molar-refractivity contribution in [1.29, 1.82) is 0 Å². The predicted molar refractivity (Wildman–Crippen MR) is 81.0 cm³/mol. The minimum Gasteiger partial charge on any atom is -0.496 e. The largest absolute Gasteiger partial charge is 0.496 e. The zero-order valence-corrected chi connectivity index (χ0v) is 12.5. The van der Waals surface area contributed by atoms with Gasteiger partial charge in [0.05, 0.1) is 19.8 Å². The highest BCUT2D eigenvalue weighted by Crippen LogP contribution is 2.34. The summed E-state index contributed by atoms with van der Waals surface area (Å²) in [4.78, 5) is 2.44. The molecule has 0 spiro atoms. The Morgan fingerprint density at radius 3 is 2.80 bits per heavy atom. The SMILES string of the molecule is COCCN1CCCCC(N)C1c1ccccc1OC. The first-order valence-corrected chi connectivity index (χ1v) is 7.39. The molecule has 4 nitrogen and oxygen atoms in total. The summed E-state index contributed by atoms with van der Waals surface area (Å²) in [6.07, 6.45) is 3.45. The molecule has 20 heavy (non-hydrogen) atoms. The Hall–Kier alpha value is -1.10. The van der Waals surface area contributed by atoms with Gasteiger partial charge in [-0.25, -0.2) is 0 Å². The number of likely N-dealkylation sites (tertiary alicyclic amines) is 1. The predicted octanol–water partition coefficient (Wildman–Crippen LogP) is 2.20. The summed E-state index contributed by atoms with van der Waals surface area (Å²) in [5.74, 6) is 0.928. The lowest BCUT2D eigenvalue weighted by atomic mass is 9.95. The summed E-state index contributed by atoms with van der Waals surface area (Å²) < 4.78 is 10.8. The van der Waals surface area contributed by atoms with Gasteiger partial charge in [-0.15, -0.1) is 0 Å². The molecule has 0 amide bonds. The summed E-state index contributed by atoms with van der Waals surface area (Å²) in [5, 5.41) is 0. The van der Waals surface area contributed by atoms with Crippen LogP contribution in [0.2, 0.25) is 0 Å². The van der Waals surface area contributed by atoms with Gasteiger partial charge in [0.15, 0.2) is 0 Å². The molecular weight excluding hydrogens is 252 g/mol. The Morgan fingerprint density at radius 1 is 1.25 bits per heavy atom. The van der Waals surface area contributed by atoms with Gasteiger partial charge in [0.25, 0.3) is 0 Å². The third kappa shape index (κ3) is 3.51. The van der Waals surface area contributed by atoms with Crippen LogP contribution in [0, 0.1) is 0 Å². The lowest BCUT2D eigenvalue weighted by molar-refractivity contribution is 0.114. The van der Waals surface area contributed by atoms with E-state index in [0.29, 0.717) is 0 Å². The third-order valence-corrected chi connectivity index (χ3v) is 4.07. The van der Waals surface area contributed by atoms with E-state index in [1.807, 2.05) is 12.1 Å². The average molecular weight is 278 g/mol. The first-order chi connectivity index (χ1) is 9.77. The molecule has 2 N–H and O–H groups in total. The molecule has 1 fully saturated rings. The fourth-order valence-corrected chi connectivity index (χ4v) is 3.06. The molecule has 1 aliphatic rings. The van der Waals surface area contributed by atoms with Crippen molar-refractivity contribution in [3.63, 3.8) is 0 Å². The number of ether oxygens (including phenoxy) is 2. The van der Waals surface area contributed by atoms with Crippen molar-refractivity contribution in [1.82, 2.24) is 4.90 Å². The molecular formula is C16H26N2O2. The van der Waals surface area contributed by atoms with E-state index in [1.165, 1.54) is 18.4 Å². The molecule has 1 saturated heterocycles. The zero-order chi connectivity index (χ0) is 14.4. The number of methoxy groups -OCH3 is 2. The van der Waals surface area contributed by atoms with Crippen LogP contribution >= 0.6 is 0 Å². The molecule has 112 valence electrons. The molecule has 1 aromatic rings. The van der Waals surface area contributed by atoms with Gasteiger partial charge in [-0.3, -0.25) is 4.90 Å². The van der Waals surface area contributed by atoms with Crippen LogP contribution in [0.4, 0.5) is 0 Å².